The summed E-state index contributed by atoms with van der Waals surface area (Å²) >= 11 is 0. The second-order valence-corrected chi connectivity index (χ2v) is 4.93. The third-order valence-corrected chi connectivity index (χ3v) is 3.29. The predicted octanol–water partition coefficient (Wildman–Crippen LogP) is 2.85. The van der Waals surface area contributed by atoms with Gasteiger partial charge in [-0.1, -0.05) is 17.7 Å². The molecule has 1 aromatic rings. The van der Waals surface area contributed by atoms with Crippen LogP contribution in [0.1, 0.15) is 43.1 Å². The van der Waals surface area contributed by atoms with Crippen molar-refractivity contribution in [3.63, 3.8) is 0 Å². The van der Waals surface area contributed by atoms with E-state index in [2.05, 4.69) is 19.9 Å². The molecule has 1 heterocycles. The Kier molecular flexibility index (Phi) is 4.04. The lowest BCUT2D eigenvalue weighted by molar-refractivity contribution is 0.0466. The van der Waals surface area contributed by atoms with Gasteiger partial charge in [-0.25, -0.2) is 0 Å². The van der Waals surface area contributed by atoms with Crippen LogP contribution in [0.3, 0.4) is 0 Å². The van der Waals surface area contributed by atoms with E-state index in [1.807, 2.05) is 6.07 Å². The Morgan fingerprint density at radius 3 is 2.89 bits per heavy atom. The van der Waals surface area contributed by atoms with E-state index in [1.54, 1.807) is 6.07 Å². The first-order valence-corrected chi connectivity index (χ1v) is 6.33. The SMILES string of the molecule is CC(C)=CCc1ccc(O)c2c1C(CCO)OC2. The number of ether oxygens (including phenoxy) is 1. The van der Waals surface area contributed by atoms with Crippen molar-refractivity contribution in [3.8, 4) is 5.75 Å². The van der Waals surface area contributed by atoms with E-state index in [9.17, 15) is 5.11 Å². The number of fused-ring (bicyclic) bond motifs is 1. The highest BCUT2D eigenvalue weighted by Crippen LogP contribution is 2.40. The van der Waals surface area contributed by atoms with Gasteiger partial charge in [-0.3, -0.25) is 0 Å². The summed E-state index contributed by atoms with van der Waals surface area (Å²) in [5.41, 5.74) is 4.41. The fraction of sp³-hybridized carbons (Fsp3) is 0.467. The zero-order chi connectivity index (χ0) is 13.1. The highest BCUT2D eigenvalue weighted by molar-refractivity contribution is 5.48. The van der Waals surface area contributed by atoms with Crippen molar-refractivity contribution in [2.24, 2.45) is 0 Å². The van der Waals surface area contributed by atoms with Crippen LogP contribution in [0.15, 0.2) is 23.8 Å². The summed E-state index contributed by atoms with van der Waals surface area (Å²) in [5, 5.41) is 18.9. The Labute approximate surface area is 108 Å². The molecule has 18 heavy (non-hydrogen) atoms. The number of phenols is 1. The summed E-state index contributed by atoms with van der Waals surface area (Å²) in [4.78, 5) is 0. The molecule has 1 unspecified atom stereocenters. The Balaban J connectivity index is 2.37. The van der Waals surface area contributed by atoms with Gasteiger partial charge in [-0.2, -0.15) is 0 Å². The van der Waals surface area contributed by atoms with Crippen LogP contribution < -0.4 is 0 Å². The second kappa shape index (κ2) is 5.55. The van der Waals surface area contributed by atoms with Crippen LogP contribution >= 0.6 is 0 Å². The highest BCUT2D eigenvalue weighted by Gasteiger charge is 2.27. The van der Waals surface area contributed by atoms with E-state index >= 15 is 0 Å². The molecule has 1 aliphatic heterocycles. The van der Waals surface area contributed by atoms with Crippen molar-refractivity contribution in [2.45, 2.75) is 39.4 Å². The van der Waals surface area contributed by atoms with Crippen LogP contribution in [0.5, 0.6) is 5.75 Å². The number of hydrogen-bond acceptors (Lipinski definition) is 3. The first-order valence-electron chi connectivity index (χ1n) is 6.33. The first-order chi connectivity index (χ1) is 8.63. The summed E-state index contributed by atoms with van der Waals surface area (Å²) in [7, 11) is 0. The quantitative estimate of drug-likeness (QED) is 0.805. The van der Waals surface area contributed by atoms with Crippen LogP contribution in [-0.2, 0) is 17.8 Å². The van der Waals surface area contributed by atoms with Gasteiger partial charge in [0.25, 0.3) is 0 Å². The molecule has 98 valence electrons. The third-order valence-electron chi connectivity index (χ3n) is 3.29. The number of allylic oxidation sites excluding steroid dienone is 2. The lowest BCUT2D eigenvalue weighted by Gasteiger charge is -2.14. The van der Waals surface area contributed by atoms with Gasteiger partial charge < -0.3 is 14.9 Å². The van der Waals surface area contributed by atoms with Gasteiger partial charge in [0.2, 0.25) is 0 Å². The Morgan fingerprint density at radius 1 is 1.44 bits per heavy atom. The third kappa shape index (κ3) is 2.57. The molecule has 0 aliphatic carbocycles. The molecule has 3 nitrogen and oxygen atoms in total. The Bertz CT molecular complexity index is 459. The molecule has 1 aromatic carbocycles. The van der Waals surface area contributed by atoms with Crippen LogP contribution in [0.4, 0.5) is 0 Å². The van der Waals surface area contributed by atoms with Gasteiger partial charge in [0.15, 0.2) is 0 Å². The zero-order valence-electron chi connectivity index (χ0n) is 10.9. The monoisotopic (exact) mass is 248 g/mol. The average molecular weight is 248 g/mol. The Hall–Kier alpha value is -1.32. The minimum Gasteiger partial charge on any atom is -0.508 e. The molecule has 0 saturated carbocycles. The molecule has 1 aliphatic rings. The largest absolute Gasteiger partial charge is 0.508 e. The molecule has 0 saturated heterocycles. The molecule has 3 heteroatoms. The van der Waals surface area contributed by atoms with E-state index in [0.717, 1.165) is 17.5 Å². The van der Waals surface area contributed by atoms with Crippen molar-refractivity contribution >= 4 is 0 Å². The topological polar surface area (TPSA) is 49.7 Å². The molecule has 0 amide bonds. The van der Waals surface area contributed by atoms with Gasteiger partial charge in [-0.15, -0.1) is 0 Å². The second-order valence-electron chi connectivity index (χ2n) is 4.93. The number of aliphatic hydroxyl groups excluding tert-OH is 1. The minimum absolute atomic E-state index is 0.0855. The zero-order valence-corrected chi connectivity index (χ0v) is 10.9. The molecule has 0 aromatic heterocycles. The molecule has 0 fully saturated rings. The van der Waals surface area contributed by atoms with Crippen molar-refractivity contribution in [1.82, 2.24) is 0 Å². The van der Waals surface area contributed by atoms with Crippen LogP contribution in [0.25, 0.3) is 0 Å². The maximum Gasteiger partial charge on any atom is 0.121 e. The Morgan fingerprint density at radius 2 is 2.22 bits per heavy atom. The number of benzene rings is 1. The van der Waals surface area contributed by atoms with Crippen LogP contribution in [-0.4, -0.2) is 16.8 Å². The van der Waals surface area contributed by atoms with Crippen molar-refractivity contribution in [2.75, 3.05) is 6.61 Å². The molecular formula is C15H20O3. The van der Waals surface area contributed by atoms with Crippen molar-refractivity contribution in [3.05, 3.63) is 40.5 Å². The summed E-state index contributed by atoms with van der Waals surface area (Å²) in [6.45, 7) is 4.68. The van der Waals surface area contributed by atoms with E-state index in [1.165, 1.54) is 11.1 Å². The number of aromatic hydroxyl groups is 1. The normalized spacial score (nSPS) is 17.6. The molecule has 2 N–H and O–H groups in total. The van der Waals surface area contributed by atoms with Gasteiger partial charge >= 0.3 is 0 Å². The van der Waals surface area contributed by atoms with E-state index < -0.39 is 0 Å². The van der Waals surface area contributed by atoms with Gasteiger partial charge in [-0.05, 0) is 37.5 Å². The molecule has 0 spiro atoms. The summed E-state index contributed by atoms with van der Waals surface area (Å²) in [5.74, 6) is 0.298. The van der Waals surface area contributed by atoms with E-state index in [0.29, 0.717) is 18.8 Å². The van der Waals surface area contributed by atoms with Crippen LogP contribution in [0.2, 0.25) is 0 Å². The fourth-order valence-electron chi connectivity index (χ4n) is 2.36. The van der Waals surface area contributed by atoms with Crippen LogP contribution in [0, 0.1) is 0 Å². The predicted molar refractivity (Wildman–Crippen MR) is 70.5 cm³/mol. The van der Waals surface area contributed by atoms with E-state index in [-0.39, 0.29) is 12.7 Å². The van der Waals surface area contributed by atoms with Crippen molar-refractivity contribution < 1.29 is 14.9 Å². The standard InChI is InChI=1S/C15H20O3/c1-10(2)3-4-11-5-6-13(17)12-9-18-14(7-8-16)15(11)12/h3,5-6,14,16-17H,4,7-9H2,1-2H3. The van der Waals surface area contributed by atoms with E-state index in [4.69, 9.17) is 9.84 Å². The van der Waals surface area contributed by atoms with Gasteiger partial charge in [0.1, 0.15) is 5.75 Å². The molecule has 0 bridgehead atoms. The number of rotatable bonds is 4. The number of hydrogen-bond donors (Lipinski definition) is 2. The molecule has 0 radical (unpaired) electrons. The maximum absolute atomic E-state index is 9.86. The summed E-state index contributed by atoms with van der Waals surface area (Å²) in [6.07, 6.45) is 3.51. The lowest BCUT2D eigenvalue weighted by atomic mass is 9.94. The molecule has 2 rings (SSSR count). The lowest BCUT2D eigenvalue weighted by Crippen LogP contribution is -2.02. The maximum atomic E-state index is 9.86. The smallest absolute Gasteiger partial charge is 0.121 e. The van der Waals surface area contributed by atoms with Crippen molar-refractivity contribution in [1.29, 1.82) is 0 Å². The van der Waals surface area contributed by atoms with Gasteiger partial charge in [0.05, 0.1) is 12.7 Å². The number of aliphatic hydroxyl groups is 1. The average Bonchev–Trinajstić information content (AvgIpc) is 2.74. The molecular weight excluding hydrogens is 228 g/mol. The summed E-state index contributed by atoms with van der Waals surface area (Å²) < 4.78 is 5.65. The summed E-state index contributed by atoms with van der Waals surface area (Å²) in [6, 6.07) is 3.68. The fourth-order valence-corrected chi connectivity index (χ4v) is 2.36. The first kappa shape index (κ1) is 13.1. The highest BCUT2D eigenvalue weighted by atomic mass is 16.5. The minimum atomic E-state index is -0.0855. The molecule has 1 atom stereocenters. The number of phenolic OH excluding ortho intramolecular Hbond substituents is 1. The van der Waals surface area contributed by atoms with Gasteiger partial charge in [0, 0.05) is 18.6 Å².